The molecule has 47 heavy (non-hydrogen) atoms. The highest BCUT2D eigenvalue weighted by Crippen LogP contribution is 2.22. The number of aliphatic hydroxyl groups is 9. The van der Waals surface area contributed by atoms with E-state index < -0.39 is 80.7 Å². The zero-order chi connectivity index (χ0) is 35.5. The van der Waals surface area contributed by atoms with Crippen LogP contribution in [0.15, 0.2) is 0 Å². The smallest absolute Gasteiger partial charge is 0.220 e. The van der Waals surface area contributed by atoms with E-state index in [0.29, 0.717) is 38.6 Å². The second-order valence-electron chi connectivity index (χ2n) is 11.8. The van der Waals surface area contributed by atoms with Crippen molar-refractivity contribution in [2.24, 2.45) is 0 Å². The Bertz CT molecular complexity index is 893. The van der Waals surface area contributed by atoms with E-state index in [4.69, 9.17) is 35.0 Å². The van der Waals surface area contributed by atoms with Gasteiger partial charge in [0.2, 0.25) is 11.8 Å². The van der Waals surface area contributed by atoms with Crippen molar-refractivity contribution < 1.29 is 74.6 Å². The maximum atomic E-state index is 12.2. The average Bonchev–Trinajstić information content (AvgIpc) is 3.04. The maximum absolute atomic E-state index is 12.2. The molecule has 276 valence electrons. The molecule has 2 heterocycles. The first-order valence-electron chi connectivity index (χ1n) is 16.3. The number of hydrogen-bond acceptors (Lipinski definition) is 15. The number of nitrogens with one attached hydrogen (secondary N) is 2. The molecule has 2 saturated heterocycles. The fraction of sp³-hybridized carbons (Fsp3) is 0.900. The third-order valence-electron chi connectivity index (χ3n) is 7.87. The summed E-state index contributed by atoms with van der Waals surface area (Å²) in [5.41, 5.74) is 0. The third kappa shape index (κ3) is 15.5. The number of aliphatic hydroxyl groups excluding tert-OH is 9. The molecule has 2 amide bonds. The number of Topliss-reactive ketones (excluding diaryl/α,β-unsaturated/α-hetero) is 1. The van der Waals surface area contributed by atoms with Gasteiger partial charge in [0, 0.05) is 26.0 Å². The number of hydrogen-bond donors (Lipinski definition) is 11. The largest absolute Gasteiger partial charge is 0.394 e. The van der Waals surface area contributed by atoms with E-state index >= 15 is 0 Å². The van der Waals surface area contributed by atoms with Gasteiger partial charge < -0.3 is 70.8 Å². The molecule has 0 spiro atoms. The minimum Gasteiger partial charge on any atom is -0.394 e. The van der Waals surface area contributed by atoms with Crippen molar-refractivity contribution in [1.82, 2.24) is 10.6 Å². The lowest BCUT2D eigenvalue weighted by molar-refractivity contribution is -0.301. The number of carbonyl (C=O) groups is 3. The summed E-state index contributed by atoms with van der Waals surface area (Å²) in [6, 6.07) is -0.562. The van der Waals surface area contributed by atoms with Crippen LogP contribution < -0.4 is 10.6 Å². The van der Waals surface area contributed by atoms with E-state index in [-0.39, 0.29) is 30.6 Å². The number of unbranched alkanes of at least 4 members (excludes halogenated alkanes) is 4. The first kappa shape index (κ1) is 43.2. The Morgan fingerprint density at radius 2 is 1.28 bits per heavy atom. The molecule has 2 rings (SSSR count). The highest BCUT2D eigenvalue weighted by atomic mass is 16.7. The average molecular weight is 685 g/mol. The molecule has 11 atom stereocenters. The molecule has 2 aliphatic rings. The van der Waals surface area contributed by atoms with Crippen LogP contribution in [0.3, 0.4) is 0 Å². The van der Waals surface area contributed by atoms with Crippen LogP contribution in [0.25, 0.3) is 0 Å². The topological polar surface area (TPSA) is 285 Å². The van der Waals surface area contributed by atoms with Crippen LogP contribution in [0.1, 0.15) is 78.1 Å². The lowest BCUT2D eigenvalue weighted by Gasteiger charge is -2.39. The predicted octanol–water partition coefficient (Wildman–Crippen LogP) is -3.31. The van der Waals surface area contributed by atoms with Crippen LogP contribution in [0.5, 0.6) is 0 Å². The zero-order valence-electron chi connectivity index (χ0n) is 27.2. The third-order valence-corrected chi connectivity index (χ3v) is 7.87. The fourth-order valence-corrected chi connectivity index (χ4v) is 4.84. The monoisotopic (exact) mass is 684 g/mol. The molecule has 0 aliphatic carbocycles. The van der Waals surface area contributed by atoms with Crippen LogP contribution in [-0.4, -0.2) is 157 Å². The molecule has 0 saturated carbocycles. The Hall–Kier alpha value is -1.87. The Morgan fingerprint density at radius 1 is 0.702 bits per heavy atom. The molecule has 0 bridgehead atoms. The van der Waals surface area contributed by atoms with Gasteiger partial charge in [0.1, 0.15) is 48.8 Å². The summed E-state index contributed by atoms with van der Waals surface area (Å²) < 4.78 is 15.2. The second kappa shape index (κ2) is 23.5. The van der Waals surface area contributed by atoms with Gasteiger partial charge in [-0.05, 0) is 45.4 Å². The van der Waals surface area contributed by atoms with Crippen LogP contribution in [0.4, 0.5) is 0 Å². The van der Waals surface area contributed by atoms with Gasteiger partial charge in [-0.3, -0.25) is 14.4 Å². The van der Waals surface area contributed by atoms with Gasteiger partial charge in [0.15, 0.2) is 18.4 Å². The van der Waals surface area contributed by atoms with Gasteiger partial charge in [-0.15, -0.1) is 0 Å². The van der Waals surface area contributed by atoms with E-state index in [9.17, 15) is 34.8 Å². The van der Waals surface area contributed by atoms with Gasteiger partial charge in [0.05, 0.1) is 19.3 Å². The molecule has 0 aromatic heterocycles. The highest BCUT2D eigenvalue weighted by molar-refractivity contribution is 5.87. The molecule has 2 fully saturated rings. The molecule has 0 radical (unpaired) electrons. The normalized spacial score (nSPS) is 31.3. The van der Waals surface area contributed by atoms with Crippen molar-refractivity contribution in [1.29, 1.82) is 0 Å². The van der Waals surface area contributed by atoms with Crippen LogP contribution >= 0.6 is 0 Å². The van der Waals surface area contributed by atoms with Crippen molar-refractivity contribution in [3.63, 3.8) is 0 Å². The standard InChI is InChI=1S/C24H44N2O9.C6H12O6/c1-3-4-5-11-19(29)25-13-8-6-10-17(16(2)28)26-20(30)12-7-9-14-34-24-23(33)22(32)21(31)18(15-27)35-24;7-1-2-3(8)4(9)5(10)6(11)12-2/h17-18,21-24,27,31-33H,3-15H2,1-2H3,(H,25,29)(H,26,30);2-11H,1H2/t17-,18?,21?,22?,23?,24?;/m1./s1. The van der Waals surface area contributed by atoms with Crippen LogP contribution in [0.2, 0.25) is 0 Å². The Morgan fingerprint density at radius 3 is 1.87 bits per heavy atom. The quantitative estimate of drug-likeness (QED) is 0.0594. The Labute approximate surface area is 274 Å². The molecule has 2 aliphatic heterocycles. The van der Waals surface area contributed by atoms with Crippen molar-refractivity contribution >= 4 is 17.6 Å². The van der Waals surface area contributed by atoms with Gasteiger partial charge in [-0.1, -0.05) is 19.8 Å². The van der Waals surface area contributed by atoms with E-state index in [2.05, 4.69) is 22.3 Å². The van der Waals surface area contributed by atoms with E-state index in [0.717, 1.165) is 25.7 Å². The molecule has 10 unspecified atom stereocenters. The van der Waals surface area contributed by atoms with Gasteiger partial charge in [0.25, 0.3) is 0 Å². The number of ether oxygens (including phenoxy) is 3. The zero-order valence-corrected chi connectivity index (χ0v) is 27.2. The first-order chi connectivity index (χ1) is 22.3. The van der Waals surface area contributed by atoms with Crippen molar-refractivity contribution in [2.45, 2.75) is 146 Å². The summed E-state index contributed by atoms with van der Waals surface area (Å²) in [5.74, 6) is -0.319. The summed E-state index contributed by atoms with van der Waals surface area (Å²) in [7, 11) is 0. The second-order valence-corrected chi connectivity index (χ2v) is 11.8. The summed E-state index contributed by atoms with van der Waals surface area (Å²) in [6.07, 6.45) is -7.06. The number of ketones is 1. The lowest BCUT2D eigenvalue weighted by Crippen LogP contribution is -2.59. The first-order valence-corrected chi connectivity index (χ1v) is 16.3. The molecule has 17 nitrogen and oxygen atoms in total. The van der Waals surface area contributed by atoms with Crippen molar-refractivity contribution in [3.8, 4) is 0 Å². The van der Waals surface area contributed by atoms with Crippen LogP contribution in [0, 0.1) is 0 Å². The predicted molar refractivity (Wildman–Crippen MR) is 163 cm³/mol. The van der Waals surface area contributed by atoms with Crippen LogP contribution in [-0.2, 0) is 28.6 Å². The molecular weight excluding hydrogens is 628 g/mol. The highest BCUT2D eigenvalue weighted by Gasteiger charge is 2.44. The number of rotatable bonds is 19. The van der Waals surface area contributed by atoms with Gasteiger partial charge in [-0.2, -0.15) is 0 Å². The molecular formula is C30H56N2O15. The minimum absolute atomic E-state index is 0.0467. The van der Waals surface area contributed by atoms with Gasteiger partial charge >= 0.3 is 0 Å². The summed E-state index contributed by atoms with van der Waals surface area (Å²) in [4.78, 5) is 35.8. The summed E-state index contributed by atoms with van der Waals surface area (Å²) >= 11 is 0. The van der Waals surface area contributed by atoms with E-state index in [1.54, 1.807) is 0 Å². The lowest BCUT2D eigenvalue weighted by atomic mass is 9.99. The Balaban J connectivity index is 0.000000766. The maximum Gasteiger partial charge on any atom is 0.220 e. The number of carbonyl (C=O) groups excluding carboxylic acids is 3. The Kier molecular flexibility index (Phi) is 21.6. The molecule has 0 aromatic carbocycles. The SMILES string of the molecule is CCCCCC(=O)NCCCC[C@@H](NC(=O)CCCCOC1OC(CO)C(O)C(O)C1O)C(C)=O.OCC1OC(O)C(O)C(O)C1O. The van der Waals surface area contributed by atoms with E-state index in [1.807, 2.05) is 0 Å². The number of amides is 2. The van der Waals surface area contributed by atoms with Crippen molar-refractivity contribution in [2.75, 3.05) is 26.4 Å². The van der Waals surface area contributed by atoms with Gasteiger partial charge in [-0.25, -0.2) is 0 Å². The van der Waals surface area contributed by atoms with Crippen molar-refractivity contribution in [3.05, 3.63) is 0 Å². The molecule has 0 aromatic rings. The molecule has 11 N–H and O–H groups in total. The fourth-order valence-electron chi connectivity index (χ4n) is 4.84. The summed E-state index contributed by atoms with van der Waals surface area (Å²) in [5, 5.41) is 88.9. The summed E-state index contributed by atoms with van der Waals surface area (Å²) in [6.45, 7) is 3.16. The minimum atomic E-state index is -1.57. The van der Waals surface area contributed by atoms with E-state index in [1.165, 1.54) is 6.92 Å². The molecule has 17 heteroatoms.